The predicted octanol–water partition coefficient (Wildman–Crippen LogP) is 5.13. The molecule has 0 radical (unpaired) electrons. The highest BCUT2D eigenvalue weighted by molar-refractivity contribution is 7.98. The number of nitrogens with one attached hydrogen (secondary N) is 1. The van der Waals surface area contributed by atoms with Crippen molar-refractivity contribution in [2.45, 2.75) is 17.1 Å². The molecule has 1 N–H and O–H groups in total. The molecule has 11 heteroatoms. The molecule has 37 heavy (non-hydrogen) atoms. The SMILES string of the molecule is COc1ccc(S(=O)(=O)N(CC(=O)NCCCSCc2cccc(Cl)c2)c2ccc(F)cc2)cc1OC. The summed E-state index contributed by atoms with van der Waals surface area (Å²) in [5, 5.41) is 3.46. The largest absolute Gasteiger partial charge is 0.493 e. The number of methoxy groups -OCH3 is 2. The fraction of sp³-hybridized carbons (Fsp3) is 0.269. The molecule has 7 nitrogen and oxygen atoms in total. The van der Waals surface area contributed by atoms with E-state index >= 15 is 0 Å². The van der Waals surface area contributed by atoms with Gasteiger partial charge in [-0.25, -0.2) is 12.8 Å². The van der Waals surface area contributed by atoms with Gasteiger partial charge in [-0.2, -0.15) is 11.8 Å². The van der Waals surface area contributed by atoms with Crippen molar-refractivity contribution in [2.75, 3.05) is 37.4 Å². The van der Waals surface area contributed by atoms with Crippen LogP contribution >= 0.6 is 23.4 Å². The first-order valence-electron chi connectivity index (χ1n) is 11.3. The zero-order valence-corrected chi connectivity index (χ0v) is 22.8. The number of sulfonamides is 1. The van der Waals surface area contributed by atoms with Gasteiger partial charge in [-0.1, -0.05) is 23.7 Å². The second-order valence-electron chi connectivity index (χ2n) is 7.89. The summed E-state index contributed by atoms with van der Waals surface area (Å²) in [5.74, 6) is 1.19. The number of thioether (sulfide) groups is 1. The lowest BCUT2D eigenvalue weighted by molar-refractivity contribution is -0.119. The van der Waals surface area contributed by atoms with Gasteiger partial charge in [0.1, 0.15) is 12.4 Å². The van der Waals surface area contributed by atoms with Crippen LogP contribution in [0.5, 0.6) is 11.5 Å². The van der Waals surface area contributed by atoms with Crippen LogP contribution in [0.15, 0.2) is 71.6 Å². The van der Waals surface area contributed by atoms with Gasteiger partial charge in [0.05, 0.1) is 24.8 Å². The second-order valence-corrected chi connectivity index (χ2v) is 11.3. The third-order valence-electron chi connectivity index (χ3n) is 5.29. The zero-order chi connectivity index (χ0) is 26.8. The quantitative estimate of drug-likeness (QED) is 0.289. The van der Waals surface area contributed by atoms with E-state index in [1.54, 1.807) is 11.8 Å². The highest BCUT2D eigenvalue weighted by Gasteiger charge is 2.28. The minimum atomic E-state index is -4.19. The number of carbonyl (C=O) groups is 1. The molecular weight excluding hydrogens is 539 g/mol. The molecule has 3 aromatic rings. The Kier molecular flexibility index (Phi) is 10.5. The van der Waals surface area contributed by atoms with Crippen molar-refractivity contribution >= 4 is 45.0 Å². The van der Waals surface area contributed by atoms with E-state index in [-0.39, 0.29) is 16.3 Å². The van der Waals surface area contributed by atoms with Crippen LogP contribution in [0.3, 0.4) is 0 Å². The Morgan fingerprint density at radius 2 is 1.76 bits per heavy atom. The van der Waals surface area contributed by atoms with E-state index in [9.17, 15) is 17.6 Å². The van der Waals surface area contributed by atoms with Crippen molar-refractivity contribution in [3.05, 3.63) is 83.1 Å². The van der Waals surface area contributed by atoms with E-state index in [4.69, 9.17) is 21.1 Å². The molecule has 1 amide bonds. The maximum atomic E-state index is 13.5. The molecule has 0 aliphatic rings. The monoisotopic (exact) mass is 566 g/mol. The number of ether oxygens (including phenoxy) is 2. The van der Waals surface area contributed by atoms with Crippen molar-refractivity contribution < 1.29 is 27.1 Å². The van der Waals surface area contributed by atoms with E-state index in [1.807, 2.05) is 24.3 Å². The van der Waals surface area contributed by atoms with Crippen molar-refractivity contribution in [1.82, 2.24) is 5.32 Å². The first kappa shape index (κ1) is 28.6. The molecule has 0 unspecified atom stereocenters. The summed E-state index contributed by atoms with van der Waals surface area (Å²) in [6, 6.07) is 16.7. The predicted molar refractivity (Wildman–Crippen MR) is 146 cm³/mol. The van der Waals surface area contributed by atoms with Gasteiger partial charge in [0, 0.05) is 23.4 Å². The average Bonchev–Trinajstić information content (AvgIpc) is 2.89. The molecule has 0 fully saturated rings. The lowest BCUT2D eigenvalue weighted by atomic mass is 10.2. The molecule has 0 bridgehead atoms. The molecule has 0 heterocycles. The minimum absolute atomic E-state index is 0.0975. The molecule has 0 saturated heterocycles. The molecule has 198 valence electrons. The van der Waals surface area contributed by atoms with E-state index < -0.39 is 28.3 Å². The van der Waals surface area contributed by atoms with E-state index in [0.29, 0.717) is 23.7 Å². The van der Waals surface area contributed by atoms with Gasteiger partial charge in [-0.15, -0.1) is 0 Å². The van der Waals surface area contributed by atoms with Crippen molar-refractivity contribution in [2.24, 2.45) is 0 Å². The van der Waals surface area contributed by atoms with Crippen molar-refractivity contribution in [3.63, 3.8) is 0 Å². The molecule has 0 aliphatic heterocycles. The maximum absolute atomic E-state index is 13.5. The van der Waals surface area contributed by atoms with Gasteiger partial charge in [0.15, 0.2) is 11.5 Å². The van der Waals surface area contributed by atoms with Gasteiger partial charge in [-0.05, 0) is 66.3 Å². The summed E-state index contributed by atoms with van der Waals surface area (Å²) in [5.41, 5.74) is 1.28. The van der Waals surface area contributed by atoms with Gasteiger partial charge >= 0.3 is 0 Å². The Hall–Kier alpha value is -2.95. The molecular formula is C26H28ClFN2O5S2. The van der Waals surface area contributed by atoms with Crippen LogP contribution in [0.25, 0.3) is 0 Å². The van der Waals surface area contributed by atoms with Crippen molar-refractivity contribution in [3.8, 4) is 11.5 Å². The van der Waals surface area contributed by atoms with Crippen LogP contribution in [-0.2, 0) is 20.6 Å². The highest BCUT2D eigenvalue weighted by Crippen LogP contribution is 2.32. The first-order valence-corrected chi connectivity index (χ1v) is 14.3. The molecule has 3 aromatic carbocycles. The second kappa shape index (κ2) is 13.6. The van der Waals surface area contributed by atoms with Crippen LogP contribution in [-0.4, -0.2) is 47.4 Å². The summed E-state index contributed by atoms with van der Waals surface area (Å²) in [6.45, 7) is -0.0903. The summed E-state index contributed by atoms with van der Waals surface area (Å²) in [4.78, 5) is 12.6. The first-order chi connectivity index (χ1) is 17.7. The molecule has 0 aromatic heterocycles. The van der Waals surface area contributed by atoms with Gasteiger partial charge in [0.25, 0.3) is 10.0 Å². The van der Waals surface area contributed by atoms with Crippen LogP contribution in [0.1, 0.15) is 12.0 Å². The molecule has 3 rings (SSSR count). The van der Waals surface area contributed by atoms with E-state index in [0.717, 1.165) is 33.5 Å². The van der Waals surface area contributed by atoms with E-state index in [1.165, 1.54) is 44.6 Å². The highest BCUT2D eigenvalue weighted by atomic mass is 35.5. The van der Waals surface area contributed by atoms with Crippen LogP contribution in [0.4, 0.5) is 10.1 Å². The van der Waals surface area contributed by atoms with Gasteiger partial charge in [0.2, 0.25) is 5.91 Å². The number of halogens is 2. The number of carbonyl (C=O) groups excluding carboxylic acids is 1. The van der Waals surface area contributed by atoms with Gasteiger partial charge in [-0.3, -0.25) is 9.10 Å². The number of hydrogen-bond acceptors (Lipinski definition) is 6. The Morgan fingerprint density at radius 1 is 1.03 bits per heavy atom. The summed E-state index contributed by atoms with van der Waals surface area (Å²) in [6.07, 6.45) is 0.704. The number of hydrogen-bond donors (Lipinski definition) is 1. The lowest BCUT2D eigenvalue weighted by Crippen LogP contribution is -2.41. The zero-order valence-electron chi connectivity index (χ0n) is 20.4. The van der Waals surface area contributed by atoms with Crippen LogP contribution in [0.2, 0.25) is 5.02 Å². The maximum Gasteiger partial charge on any atom is 0.264 e. The third-order valence-corrected chi connectivity index (χ3v) is 8.41. The van der Waals surface area contributed by atoms with E-state index in [2.05, 4.69) is 5.32 Å². The number of anilines is 1. The Morgan fingerprint density at radius 3 is 2.43 bits per heavy atom. The Balaban J connectivity index is 1.65. The summed E-state index contributed by atoms with van der Waals surface area (Å²) >= 11 is 7.71. The normalized spacial score (nSPS) is 11.1. The van der Waals surface area contributed by atoms with Crippen LogP contribution < -0.4 is 19.1 Å². The summed E-state index contributed by atoms with van der Waals surface area (Å²) in [7, 11) is -1.36. The lowest BCUT2D eigenvalue weighted by Gasteiger charge is -2.24. The number of benzene rings is 3. The molecule has 0 saturated carbocycles. The fourth-order valence-corrected chi connectivity index (χ4v) is 5.99. The average molecular weight is 567 g/mol. The Bertz CT molecular complexity index is 1310. The third kappa shape index (κ3) is 8.02. The molecule has 0 aliphatic carbocycles. The number of rotatable bonds is 13. The molecule has 0 spiro atoms. The Labute approximate surface area is 226 Å². The smallest absolute Gasteiger partial charge is 0.264 e. The van der Waals surface area contributed by atoms with Gasteiger partial charge < -0.3 is 14.8 Å². The minimum Gasteiger partial charge on any atom is -0.493 e. The topological polar surface area (TPSA) is 84.9 Å². The summed E-state index contributed by atoms with van der Waals surface area (Å²) < 4.78 is 52.0. The number of amides is 1. The molecule has 0 atom stereocenters. The van der Waals surface area contributed by atoms with Crippen molar-refractivity contribution in [1.29, 1.82) is 0 Å². The van der Waals surface area contributed by atoms with Crippen LogP contribution in [0, 0.1) is 5.82 Å². The standard InChI is InChI=1S/C26H28ClFN2O5S2/c1-34-24-12-11-23(16-25(24)35-2)37(32,33)30(22-9-7-21(28)8-10-22)17-26(31)29-13-4-14-36-18-19-5-3-6-20(27)15-19/h3,5-12,15-16H,4,13-14,17-18H2,1-2H3,(H,29,31). The number of nitrogens with zero attached hydrogens (tertiary/aromatic N) is 1. The fourth-order valence-electron chi connectivity index (χ4n) is 3.43.